The number of halogens is 1. The fourth-order valence-electron chi connectivity index (χ4n) is 3.23. The molecule has 0 spiro atoms. The predicted octanol–water partition coefficient (Wildman–Crippen LogP) is 4.33. The van der Waals surface area contributed by atoms with Crippen molar-refractivity contribution >= 4 is 17.5 Å². The molecule has 1 N–H and O–H groups in total. The normalized spacial score (nSPS) is 14.7. The van der Waals surface area contributed by atoms with Crippen LogP contribution >= 0.6 is 11.6 Å². The lowest BCUT2D eigenvalue weighted by Gasteiger charge is -2.15. The summed E-state index contributed by atoms with van der Waals surface area (Å²) in [5, 5.41) is 7.55. The monoisotopic (exact) mass is 396 g/mol. The summed E-state index contributed by atoms with van der Waals surface area (Å²) in [6, 6.07) is 11.3. The number of aromatic nitrogens is 3. The number of amides is 1. The Morgan fingerprint density at radius 1 is 1.29 bits per heavy atom. The van der Waals surface area contributed by atoms with E-state index in [1.165, 1.54) is 0 Å². The van der Waals surface area contributed by atoms with Crippen molar-refractivity contribution in [2.75, 3.05) is 0 Å². The first-order valence-corrected chi connectivity index (χ1v) is 9.74. The van der Waals surface area contributed by atoms with Crippen molar-refractivity contribution in [3.8, 4) is 11.3 Å². The highest BCUT2D eigenvalue weighted by atomic mass is 35.5. The van der Waals surface area contributed by atoms with Crippen molar-refractivity contribution in [2.24, 2.45) is 0 Å². The van der Waals surface area contributed by atoms with E-state index in [4.69, 9.17) is 16.1 Å². The summed E-state index contributed by atoms with van der Waals surface area (Å²) >= 11 is 6.11. The molecule has 144 valence electrons. The summed E-state index contributed by atoms with van der Waals surface area (Å²) < 4.78 is 4.99. The molecular weight excluding hydrogens is 376 g/mol. The van der Waals surface area contributed by atoms with Gasteiger partial charge in [-0.25, -0.2) is 4.98 Å². The zero-order valence-corrected chi connectivity index (χ0v) is 16.5. The van der Waals surface area contributed by atoms with Gasteiger partial charge in [-0.3, -0.25) is 4.79 Å². The third-order valence-corrected chi connectivity index (χ3v) is 4.95. The highest BCUT2D eigenvalue weighted by Gasteiger charge is 2.29. The largest absolute Gasteiger partial charge is 0.348 e. The number of pyridine rings is 1. The number of hydrogen-bond donors (Lipinski definition) is 1. The minimum atomic E-state index is -0.182. The van der Waals surface area contributed by atoms with E-state index in [0.717, 1.165) is 29.7 Å². The molecule has 1 atom stereocenters. The molecule has 0 aliphatic heterocycles. The second kappa shape index (κ2) is 7.72. The first-order chi connectivity index (χ1) is 13.5. The Labute approximate surface area is 168 Å². The topological polar surface area (TPSA) is 80.9 Å². The van der Waals surface area contributed by atoms with Gasteiger partial charge in [-0.2, -0.15) is 4.98 Å². The SMILES string of the molecule is Cc1nc(CC(C)NC(=O)c2nc(-c3cccc(Cl)c3)ccc2C2CC2)no1. The lowest BCUT2D eigenvalue weighted by Crippen LogP contribution is -2.35. The molecule has 0 radical (unpaired) electrons. The third-order valence-electron chi connectivity index (χ3n) is 4.71. The standard InChI is InChI=1S/C21H21ClN4O2/c1-12(10-19-24-13(2)28-26-19)23-21(27)20-17(14-6-7-14)8-9-18(25-20)15-4-3-5-16(22)11-15/h3-5,8-9,11-12,14H,6-7,10H2,1-2H3,(H,23,27). The number of benzene rings is 1. The molecule has 2 heterocycles. The van der Waals surface area contributed by atoms with Gasteiger partial charge in [-0.15, -0.1) is 0 Å². The van der Waals surface area contributed by atoms with Gasteiger partial charge in [0.1, 0.15) is 5.69 Å². The van der Waals surface area contributed by atoms with Crippen LogP contribution in [0.3, 0.4) is 0 Å². The van der Waals surface area contributed by atoms with E-state index in [1.807, 2.05) is 43.3 Å². The highest BCUT2D eigenvalue weighted by molar-refractivity contribution is 6.30. The molecule has 1 aromatic carbocycles. The molecular formula is C21H21ClN4O2. The third kappa shape index (κ3) is 4.22. The number of carbonyl (C=O) groups is 1. The number of nitrogens with zero attached hydrogens (tertiary/aromatic N) is 3. The van der Waals surface area contributed by atoms with E-state index in [-0.39, 0.29) is 11.9 Å². The quantitative estimate of drug-likeness (QED) is 0.670. The van der Waals surface area contributed by atoms with Crippen LogP contribution in [-0.2, 0) is 6.42 Å². The molecule has 3 aromatic rings. The van der Waals surface area contributed by atoms with Crippen LogP contribution in [0.2, 0.25) is 5.02 Å². The number of aryl methyl sites for hydroxylation is 1. The maximum absolute atomic E-state index is 13.0. The van der Waals surface area contributed by atoms with E-state index in [1.54, 1.807) is 6.92 Å². The first kappa shape index (κ1) is 18.6. The Kier molecular flexibility index (Phi) is 5.13. The Hall–Kier alpha value is -2.73. The Bertz CT molecular complexity index is 1010. The molecule has 0 saturated heterocycles. The van der Waals surface area contributed by atoms with Gasteiger partial charge in [-0.1, -0.05) is 35.0 Å². The van der Waals surface area contributed by atoms with Crippen molar-refractivity contribution in [3.05, 3.63) is 64.4 Å². The van der Waals surface area contributed by atoms with E-state index in [0.29, 0.717) is 34.8 Å². The number of rotatable bonds is 6. The molecule has 7 heteroatoms. The smallest absolute Gasteiger partial charge is 0.270 e. The van der Waals surface area contributed by atoms with Crippen LogP contribution in [0.4, 0.5) is 0 Å². The summed E-state index contributed by atoms with van der Waals surface area (Å²) in [6.45, 7) is 3.66. The average Bonchev–Trinajstić information content (AvgIpc) is 3.43. The summed E-state index contributed by atoms with van der Waals surface area (Å²) in [7, 11) is 0. The van der Waals surface area contributed by atoms with Crippen molar-refractivity contribution in [1.82, 2.24) is 20.4 Å². The molecule has 1 unspecified atom stereocenters. The van der Waals surface area contributed by atoms with Crippen LogP contribution in [0.15, 0.2) is 40.9 Å². The number of hydrogen-bond acceptors (Lipinski definition) is 5. The molecule has 1 aliphatic rings. The molecule has 6 nitrogen and oxygen atoms in total. The van der Waals surface area contributed by atoms with Crippen LogP contribution in [0.5, 0.6) is 0 Å². The lowest BCUT2D eigenvalue weighted by atomic mass is 10.0. The second-order valence-electron chi connectivity index (χ2n) is 7.23. The summed E-state index contributed by atoms with van der Waals surface area (Å²) in [6.07, 6.45) is 2.68. The van der Waals surface area contributed by atoms with Gasteiger partial charge in [0.2, 0.25) is 5.89 Å². The maximum Gasteiger partial charge on any atom is 0.270 e. The van der Waals surface area contributed by atoms with Crippen LogP contribution in [-0.4, -0.2) is 27.1 Å². The summed E-state index contributed by atoms with van der Waals surface area (Å²) in [5.74, 6) is 1.32. The van der Waals surface area contributed by atoms with Crippen molar-refractivity contribution in [3.63, 3.8) is 0 Å². The van der Waals surface area contributed by atoms with Gasteiger partial charge in [0.25, 0.3) is 5.91 Å². The van der Waals surface area contributed by atoms with Crippen molar-refractivity contribution in [1.29, 1.82) is 0 Å². The maximum atomic E-state index is 13.0. The minimum absolute atomic E-state index is 0.145. The molecule has 0 bridgehead atoms. The van der Waals surface area contributed by atoms with E-state index in [2.05, 4.69) is 20.4 Å². The number of nitrogens with one attached hydrogen (secondary N) is 1. The van der Waals surface area contributed by atoms with Crippen LogP contribution in [0, 0.1) is 6.92 Å². The van der Waals surface area contributed by atoms with Gasteiger partial charge >= 0.3 is 0 Å². The van der Waals surface area contributed by atoms with E-state index < -0.39 is 0 Å². The van der Waals surface area contributed by atoms with Gasteiger partial charge < -0.3 is 9.84 Å². The van der Waals surface area contributed by atoms with Crippen molar-refractivity contribution < 1.29 is 9.32 Å². The Morgan fingerprint density at radius 2 is 2.11 bits per heavy atom. The van der Waals surface area contributed by atoms with Crippen molar-refractivity contribution in [2.45, 2.75) is 45.1 Å². The molecule has 2 aromatic heterocycles. The van der Waals surface area contributed by atoms with Crippen LogP contribution < -0.4 is 5.32 Å². The average molecular weight is 397 g/mol. The Morgan fingerprint density at radius 3 is 2.79 bits per heavy atom. The van der Waals surface area contributed by atoms with Gasteiger partial charge in [-0.05, 0) is 49.4 Å². The number of carbonyl (C=O) groups excluding carboxylic acids is 1. The van der Waals surface area contributed by atoms with Gasteiger partial charge in [0.05, 0.1) is 5.69 Å². The molecule has 28 heavy (non-hydrogen) atoms. The zero-order valence-electron chi connectivity index (χ0n) is 15.8. The van der Waals surface area contributed by atoms with E-state index in [9.17, 15) is 4.79 Å². The second-order valence-corrected chi connectivity index (χ2v) is 7.66. The summed E-state index contributed by atoms with van der Waals surface area (Å²) in [4.78, 5) is 21.9. The minimum Gasteiger partial charge on any atom is -0.348 e. The highest BCUT2D eigenvalue weighted by Crippen LogP contribution is 2.41. The van der Waals surface area contributed by atoms with Crippen LogP contribution in [0.1, 0.15) is 53.5 Å². The lowest BCUT2D eigenvalue weighted by molar-refractivity contribution is 0.0933. The zero-order chi connectivity index (χ0) is 19.7. The van der Waals surface area contributed by atoms with Crippen LogP contribution in [0.25, 0.3) is 11.3 Å². The van der Waals surface area contributed by atoms with Gasteiger partial charge in [0.15, 0.2) is 5.82 Å². The molecule has 4 rings (SSSR count). The fourth-order valence-corrected chi connectivity index (χ4v) is 3.42. The Balaban J connectivity index is 1.57. The summed E-state index contributed by atoms with van der Waals surface area (Å²) in [5.41, 5.74) is 3.11. The first-order valence-electron chi connectivity index (χ1n) is 9.36. The molecule has 1 amide bonds. The van der Waals surface area contributed by atoms with Gasteiger partial charge in [0, 0.05) is 30.0 Å². The molecule has 1 saturated carbocycles. The molecule has 1 aliphatic carbocycles. The predicted molar refractivity (Wildman–Crippen MR) is 106 cm³/mol. The fraction of sp³-hybridized carbons (Fsp3) is 0.333. The van der Waals surface area contributed by atoms with E-state index >= 15 is 0 Å². The molecule has 1 fully saturated rings.